The SMILES string of the molecule is OCCNCC(O)c1ccccc1Cl. The highest BCUT2D eigenvalue weighted by molar-refractivity contribution is 6.31. The molecule has 0 bridgehead atoms. The van der Waals surface area contributed by atoms with Gasteiger partial charge in [0.1, 0.15) is 0 Å². The first-order chi connectivity index (χ1) is 6.75. The molecule has 1 unspecified atom stereocenters. The molecule has 1 rings (SSSR count). The molecule has 0 fully saturated rings. The molecule has 0 amide bonds. The Balaban J connectivity index is 2.51. The van der Waals surface area contributed by atoms with Gasteiger partial charge in [-0.15, -0.1) is 0 Å². The second-order valence-corrected chi connectivity index (χ2v) is 3.37. The monoisotopic (exact) mass is 215 g/mol. The van der Waals surface area contributed by atoms with Gasteiger partial charge in [0.15, 0.2) is 0 Å². The van der Waals surface area contributed by atoms with Crippen LogP contribution in [-0.2, 0) is 0 Å². The maximum Gasteiger partial charge on any atom is 0.0928 e. The van der Waals surface area contributed by atoms with E-state index in [1.807, 2.05) is 12.1 Å². The fourth-order valence-corrected chi connectivity index (χ4v) is 1.43. The van der Waals surface area contributed by atoms with Crippen molar-refractivity contribution < 1.29 is 10.2 Å². The zero-order valence-electron chi connectivity index (χ0n) is 7.78. The van der Waals surface area contributed by atoms with Crippen molar-refractivity contribution in [3.63, 3.8) is 0 Å². The van der Waals surface area contributed by atoms with E-state index in [1.165, 1.54) is 0 Å². The van der Waals surface area contributed by atoms with Gasteiger partial charge in [-0.2, -0.15) is 0 Å². The summed E-state index contributed by atoms with van der Waals surface area (Å²) in [5, 5.41) is 21.7. The quantitative estimate of drug-likeness (QED) is 0.642. The number of rotatable bonds is 5. The summed E-state index contributed by atoms with van der Waals surface area (Å²) in [7, 11) is 0. The lowest BCUT2D eigenvalue weighted by molar-refractivity contribution is 0.171. The van der Waals surface area contributed by atoms with Gasteiger partial charge in [-0.05, 0) is 6.07 Å². The summed E-state index contributed by atoms with van der Waals surface area (Å²) in [5.41, 5.74) is 0.708. The van der Waals surface area contributed by atoms with Crippen LogP contribution in [0.2, 0.25) is 5.02 Å². The highest BCUT2D eigenvalue weighted by Crippen LogP contribution is 2.21. The summed E-state index contributed by atoms with van der Waals surface area (Å²) in [6, 6.07) is 7.18. The van der Waals surface area contributed by atoms with E-state index in [-0.39, 0.29) is 6.61 Å². The van der Waals surface area contributed by atoms with Crippen molar-refractivity contribution in [1.29, 1.82) is 0 Å². The summed E-state index contributed by atoms with van der Waals surface area (Å²) < 4.78 is 0. The van der Waals surface area contributed by atoms with Crippen molar-refractivity contribution in [3.8, 4) is 0 Å². The van der Waals surface area contributed by atoms with Crippen LogP contribution in [0.25, 0.3) is 0 Å². The highest BCUT2D eigenvalue weighted by Gasteiger charge is 2.09. The van der Waals surface area contributed by atoms with Crippen LogP contribution in [0.15, 0.2) is 24.3 Å². The Morgan fingerprint density at radius 1 is 1.36 bits per heavy atom. The van der Waals surface area contributed by atoms with E-state index in [2.05, 4.69) is 5.32 Å². The first-order valence-corrected chi connectivity index (χ1v) is 4.87. The zero-order chi connectivity index (χ0) is 10.4. The van der Waals surface area contributed by atoms with Crippen LogP contribution >= 0.6 is 11.6 Å². The number of aliphatic hydroxyl groups excluding tert-OH is 2. The summed E-state index contributed by atoms with van der Waals surface area (Å²) in [6.45, 7) is 0.932. The molecule has 0 radical (unpaired) electrons. The van der Waals surface area contributed by atoms with Crippen molar-refractivity contribution in [2.24, 2.45) is 0 Å². The number of hydrogen-bond donors (Lipinski definition) is 3. The van der Waals surface area contributed by atoms with E-state index in [9.17, 15) is 5.11 Å². The second kappa shape index (κ2) is 5.98. The molecule has 1 atom stereocenters. The van der Waals surface area contributed by atoms with Gasteiger partial charge in [-0.3, -0.25) is 0 Å². The third-order valence-electron chi connectivity index (χ3n) is 1.89. The van der Waals surface area contributed by atoms with Gasteiger partial charge in [0.05, 0.1) is 12.7 Å². The molecular weight excluding hydrogens is 202 g/mol. The third-order valence-corrected chi connectivity index (χ3v) is 2.23. The van der Waals surface area contributed by atoms with Gasteiger partial charge < -0.3 is 15.5 Å². The van der Waals surface area contributed by atoms with Crippen LogP contribution in [0.4, 0.5) is 0 Å². The predicted molar refractivity (Wildman–Crippen MR) is 56.4 cm³/mol. The number of aliphatic hydroxyl groups is 2. The predicted octanol–water partition coefficient (Wildman–Crippen LogP) is 0.955. The molecule has 14 heavy (non-hydrogen) atoms. The van der Waals surface area contributed by atoms with E-state index in [1.54, 1.807) is 12.1 Å². The summed E-state index contributed by atoms with van der Waals surface area (Å²) in [5.74, 6) is 0. The van der Waals surface area contributed by atoms with Gasteiger partial charge in [-0.25, -0.2) is 0 Å². The smallest absolute Gasteiger partial charge is 0.0928 e. The van der Waals surface area contributed by atoms with E-state index >= 15 is 0 Å². The summed E-state index contributed by atoms with van der Waals surface area (Å²) >= 11 is 5.89. The average Bonchev–Trinajstić information content (AvgIpc) is 2.18. The minimum atomic E-state index is -0.629. The number of benzene rings is 1. The van der Waals surface area contributed by atoms with Crippen LogP contribution in [0.3, 0.4) is 0 Å². The van der Waals surface area contributed by atoms with Crippen LogP contribution < -0.4 is 5.32 Å². The second-order valence-electron chi connectivity index (χ2n) is 2.97. The lowest BCUT2D eigenvalue weighted by Gasteiger charge is -2.12. The Kier molecular flexibility index (Phi) is 4.90. The molecule has 1 aromatic carbocycles. The Hall–Kier alpha value is -0.610. The standard InChI is InChI=1S/C10H14ClNO2/c11-9-4-2-1-3-8(9)10(14)7-12-5-6-13/h1-4,10,12-14H,5-7H2. The number of hydrogen-bond acceptors (Lipinski definition) is 3. The fourth-order valence-electron chi connectivity index (χ4n) is 1.17. The Morgan fingerprint density at radius 3 is 2.71 bits per heavy atom. The van der Waals surface area contributed by atoms with Crippen LogP contribution in [0.5, 0.6) is 0 Å². The average molecular weight is 216 g/mol. The minimum absolute atomic E-state index is 0.0647. The van der Waals surface area contributed by atoms with Gasteiger partial charge in [0, 0.05) is 23.7 Å². The topological polar surface area (TPSA) is 52.5 Å². The van der Waals surface area contributed by atoms with Crippen molar-refractivity contribution in [3.05, 3.63) is 34.9 Å². The molecule has 0 saturated carbocycles. The molecule has 1 aromatic rings. The van der Waals surface area contributed by atoms with Crippen LogP contribution in [-0.4, -0.2) is 29.9 Å². The van der Waals surface area contributed by atoms with Crippen molar-refractivity contribution in [2.45, 2.75) is 6.10 Å². The minimum Gasteiger partial charge on any atom is -0.395 e. The van der Waals surface area contributed by atoms with Gasteiger partial charge >= 0.3 is 0 Å². The lowest BCUT2D eigenvalue weighted by Crippen LogP contribution is -2.24. The van der Waals surface area contributed by atoms with Crippen molar-refractivity contribution in [1.82, 2.24) is 5.32 Å². The van der Waals surface area contributed by atoms with E-state index in [4.69, 9.17) is 16.7 Å². The summed E-state index contributed by atoms with van der Waals surface area (Å²) in [4.78, 5) is 0. The Labute approximate surface area is 88.3 Å². The molecule has 0 aliphatic heterocycles. The number of nitrogens with one attached hydrogen (secondary N) is 1. The van der Waals surface area contributed by atoms with E-state index in [0.717, 1.165) is 0 Å². The van der Waals surface area contributed by atoms with E-state index in [0.29, 0.717) is 23.7 Å². The van der Waals surface area contributed by atoms with Crippen LogP contribution in [0, 0.1) is 0 Å². The van der Waals surface area contributed by atoms with Gasteiger partial charge in [0.25, 0.3) is 0 Å². The molecule has 3 N–H and O–H groups in total. The third kappa shape index (κ3) is 3.27. The molecule has 0 heterocycles. The molecule has 0 aliphatic carbocycles. The number of halogens is 1. The maximum absolute atomic E-state index is 9.70. The maximum atomic E-state index is 9.70. The molecule has 3 nitrogen and oxygen atoms in total. The zero-order valence-corrected chi connectivity index (χ0v) is 8.54. The molecule has 78 valence electrons. The molecule has 0 aliphatic rings. The molecular formula is C10H14ClNO2. The highest BCUT2D eigenvalue weighted by atomic mass is 35.5. The summed E-state index contributed by atoms with van der Waals surface area (Å²) in [6.07, 6.45) is -0.629. The van der Waals surface area contributed by atoms with Gasteiger partial charge in [0.2, 0.25) is 0 Å². The Bertz CT molecular complexity index is 281. The fraction of sp³-hybridized carbons (Fsp3) is 0.400. The molecule has 0 spiro atoms. The van der Waals surface area contributed by atoms with Crippen molar-refractivity contribution >= 4 is 11.6 Å². The van der Waals surface area contributed by atoms with Crippen LogP contribution in [0.1, 0.15) is 11.7 Å². The lowest BCUT2D eigenvalue weighted by atomic mass is 10.1. The molecule has 0 aromatic heterocycles. The largest absolute Gasteiger partial charge is 0.395 e. The van der Waals surface area contributed by atoms with E-state index < -0.39 is 6.10 Å². The van der Waals surface area contributed by atoms with Crippen molar-refractivity contribution in [2.75, 3.05) is 19.7 Å². The Morgan fingerprint density at radius 2 is 2.07 bits per heavy atom. The van der Waals surface area contributed by atoms with Gasteiger partial charge in [-0.1, -0.05) is 29.8 Å². The molecule has 0 saturated heterocycles. The normalized spacial score (nSPS) is 12.8. The first-order valence-electron chi connectivity index (χ1n) is 4.49. The molecule has 4 heteroatoms. The first kappa shape index (κ1) is 11.5.